The van der Waals surface area contributed by atoms with Gasteiger partial charge in [-0.15, -0.1) is 24.0 Å². The van der Waals surface area contributed by atoms with E-state index in [4.69, 9.17) is 14.2 Å². The minimum atomic E-state index is -0.159. The van der Waals surface area contributed by atoms with E-state index in [0.717, 1.165) is 76.2 Å². The number of methoxy groups -OCH3 is 2. The maximum absolute atomic E-state index is 5.82. The third kappa shape index (κ3) is 5.42. The molecule has 0 aromatic heterocycles. The first kappa shape index (κ1) is 23.0. The van der Waals surface area contributed by atoms with E-state index in [1.165, 1.54) is 0 Å². The Morgan fingerprint density at radius 1 is 1.14 bits per heavy atom. The second-order valence-electron chi connectivity index (χ2n) is 7.05. The van der Waals surface area contributed by atoms with Crippen molar-refractivity contribution in [1.29, 1.82) is 0 Å². The van der Waals surface area contributed by atoms with Gasteiger partial charge in [-0.25, -0.2) is 0 Å². The van der Waals surface area contributed by atoms with Crippen LogP contribution >= 0.6 is 24.0 Å². The first-order chi connectivity index (χ1) is 13.2. The first-order valence-corrected chi connectivity index (χ1v) is 9.68. The number of hydrogen-bond acceptors (Lipinski definition) is 5. The van der Waals surface area contributed by atoms with Gasteiger partial charge in [-0.3, -0.25) is 4.99 Å². The topological polar surface area (TPSA) is 58.6 Å². The molecule has 3 rings (SSSR count). The van der Waals surface area contributed by atoms with Crippen LogP contribution in [0.15, 0.2) is 29.3 Å². The maximum Gasteiger partial charge on any atom is 0.193 e. The molecule has 7 nitrogen and oxygen atoms in total. The fourth-order valence-electron chi connectivity index (χ4n) is 3.82. The quantitative estimate of drug-likeness (QED) is 0.377. The zero-order valence-electron chi connectivity index (χ0n) is 17.1. The Balaban J connectivity index is 0.00000280. The van der Waals surface area contributed by atoms with E-state index in [1.54, 1.807) is 14.2 Å². The van der Waals surface area contributed by atoms with Crippen molar-refractivity contribution in [3.05, 3.63) is 24.3 Å². The van der Waals surface area contributed by atoms with Crippen molar-refractivity contribution in [1.82, 2.24) is 10.2 Å². The van der Waals surface area contributed by atoms with Gasteiger partial charge in [-0.1, -0.05) is 12.1 Å². The molecule has 1 aromatic carbocycles. The largest absolute Gasteiger partial charge is 0.495 e. The fraction of sp³-hybridized carbons (Fsp3) is 0.650. The second kappa shape index (κ2) is 11.1. The predicted octanol–water partition coefficient (Wildman–Crippen LogP) is 2.21. The number of ether oxygens (including phenoxy) is 3. The molecule has 2 fully saturated rings. The van der Waals surface area contributed by atoms with Crippen LogP contribution in [0.4, 0.5) is 5.69 Å². The molecule has 2 aliphatic heterocycles. The van der Waals surface area contributed by atoms with E-state index in [1.807, 2.05) is 19.2 Å². The van der Waals surface area contributed by atoms with Crippen LogP contribution in [-0.2, 0) is 9.47 Å². The van der Waals surface area contributed by atoms with E-state index in [2.05, 4.69) is 32.2 Å². The monoisotopic (exact) mass is 504 g/mol. The molecule has 8 heteroatoms. The number of nitrogens with one attached hydrogen (secondary N) is 1. The minimum absolute atomic E-state index is 0. The van der Waals surface area contributed by atoms with Gasteiger partial charge in [0.2, 0.25) is 0 Å². The van der Waals surface area contributed by atoms with E-state index >= 15 is 0 Å². The molecule has 2 saturated heterocycles. The lowest BCUT2D eigenvalue weighted by atomic mass is 9.94. The van der Waals surface area contributed by atoms with Crippen LogP contribution in [-0.4, -0.2) is 83.7 Å². The van der Waals surface area contributed by atoms with Crippen molar-refractivity contribution >= 4 is 35.6 Å². The molecular weight excluding hydrogens is 471 g/mol. The fourth-order valence-corrected chi connectivity index (χ4v) is 3.82. The van der Waals surface area contributed by atoms with Crippen LogP contribution in [0.1, 0.15) is 12.8 Å². The van der Waals surface area contributed by atoms with Gasteiger partial charge >= 0.3 is 0 Å². The summed E-state index contributed by atoms with van der Waals surface area (Å²) >= 11 is 0. The third-order valence-electron chi connectivity index (χ3n) is 5.62. The van der Waals surface area contributed by atoms with Crippen molar-refractivity contribution in [2.45, 2.75) is 18.4 Å². The number of guanidine groups is 1. The summed E-state index contributed by atoms with van der Waals surface area (Å²) in [6.07, 6.45) is 1.82. The molecule has 1 N–H and O–H groups in total. The number of hydrogen-bond donors (Lipinski definition) is 1. The van der Waals surface area contributed by atoms with E-state index in [-0.39, 0.29) is 29.6 Å². The van der Waals surface area contributed by atoms with E-state index in [0.29, 0.717) is 0 Å². The molecule has 0 saturated carbocycles. The molecule has 0 atom stereocenters. The highest BCUT2D eigenvalue weighted by Gasteiger charge is 2.33. The van der Waals surface area contributed by atoms with Crippen molar-refractivity contribution in [3.8, 4) is 5.75 Å². The summed E-state index contributed by atoms with van der Waals surface area (Å²) in [5.74, 6) is 1.87. The lowest BCUT2D eigenvalue weighted by Crippen LogP contribution is -2.56. The minimum Gasteiger partial charge on any atom is -0.495 e. The van der Waals surface area contributed by atoms with Crippen LogP contribution in [0.25, 0.3) is 0 Å². The summed E-state index contributed by atoms with van der Waals surface area (Å²) in [6.45, 7) is 5.97. The predicted molar refractivity (Wildman–Crippen MR) is 123 cm³/mol. The molecule has 2 heterocycles. The van der Waals surface area contributed by atoms with Crippen molar-refractivity contribution in [2.75, 3.05) is 72.1 Å². The Morgan fingerprint density at radius 2 is 1.82 bits per heavy atom. The van der Waals surface area contributed by atoms with Gasteiger partial charge in [-0.05, 0) is 12.1 Å². The van der Waals surface area contributed by atoms with Crippen LogP contribution in [0.2, 0.25) is 0 Å². The summed E-state index contributed by atoms with van der Waals surface area (Å²) in [4.78, 5) is 9.18. The van der Waals surface area contributed by atoms with Crippen LogP contribution in [0, 0.1) is 0 Å². The molecule has 0 aliphatic carbocycles. The zero-order chi connectivity index (χ0) is 19.1. The molecule has 158 valence electrons. The lowest BCUT2D eigenvalue weighted by Gasteiger charge is -2.40. The van der Waals surface area contributed by atoms with E-state index in [9.17, 15) is 0 Å². The second-order valence-corrected chi connectivity index (χ2v) is 7.05. The lowest BCUT2D eigenvalue weighted by molar-refractivity contribution is -0.0857. The highest BCUT2D eigenvalue weighted by Crippen LogP contribution is 2.28. The summed E-state index contributed by atoms with van der Waals surface area (Å²) in [5, 5.41) is 3.53. The number of halogens is 1. The molecule has 1 aromatic rings. The van der Waals surface area contributed by atoms with Gasteiger partial charge < -0.3 is 29.3 Å². The van der Waals surface area contributed by atoms with Crippen molar-refractivity contribution < 1.29 is 14.2 Å². The Kier molecular flexibility index (Phi) is 9.10. The number of nitrogens with zero attached hydrogens (tertiary/aromatic N) is 3. The van der Waals surface area contributed by atoms with Gasteiger partial charge in [0.1, 0.15) is 5.75 Å². The molecule has 0 radical (unpaired) electrons. The number of piperazine rings is 1. The molecule has 0 unspecified atom stereocenters. The highest BCUT2D eigenvalue weighted by atomic mass is 127. The molecule has 0 bridgehead atoms. The van der Waals surface area contributed by atoms with Crippen molar-refractivity contribution in [2.24, 2.45) is 4.99 Å². The zero-order valence-corrected chi connectivity index (χ0v) is 19.5. The standard InChI is InChI=1S/C20H32N4O3.HI/c1-21-19(22-16-20(26-3)8-14-27-15-9-20)24-12-10-23(11-13-24)17-6-4-5-7-18(17)25-2;/h4-7H,8-16H2,1-3H3,(H,21,22);1H. The molecule has 28 heavy (non-hydrogen) atoms. The smallest absolute Gasteiger partial charge is 0.193 e. The van der Waals surface area contributed by atoms with Crippen LogP contribution in [0.5, 0.6) is 5.75 Å². The van der Waals surface area contributed by atoms with Crippen molar-refractivity contribution in [3.63, 3.8) is 0 Å². The third-order valence-corrected chi connectivity index (χ3v) is 5.62. The van der Waals surface area contributed by atoms with Gasteiger partial charge in [-0.2, -0.15) is 0 Å². The molecular formula is C20H33IN4O3. The van der Waals surface area contributed by atoms with Crippen LogP contribution in [0.3, 0.4) is 0 Å². The average Bonchev–Trinajstić information content (AvgIpc) is 2.75. The normalized spacial score (nSPS) is 19.8. The van der Waals surface area contributed by atoms with Gasteiger partial charge in [0, 0.05) is 72.9 Å². The maximum atomic E-state index is 5.82. The number of para-hydroxylation sites is 2. The van der Waals surface area contributed by atoms with E-state index < -0.39 is 0 Å². The summed E-state index contributed by atoms with van der Waals surface area (Å²) in [6, 6.07) is 8.20. The van der Waals surface area contributed by atoms with Gasteiger partial charge in [0.05, 0.1) is 18.4 Å². The molecule has 0 amide bonds. The summed E-state index contributed by atoms with van der Waals surface area (Å²) in [5.41, 5.74) is 0.996. The Bertz CT molecular complexity index is 630. The number of anilines is 1. The highest BCUT2D eigenvalue weighted by molar-refractivity contribution is 14.0. The Morgan fingerprint density at radius 3 is 2.43 bits per heavy atom. The Labute approximate surface area is 185 Å². The molecule has 0 spiro atoms. The summed E-state index contributed by atoms with van der Waals surface area (Å²) in [7, 11) is 5.36. The molecule has 2 aliphatic rings. The summed E-state index contributed by atoms with van der Waals surface area (Å²) < 4.78 is 16.8. The first-order valence-electron chi connectivity index (χ1n) is 9.68. The van der Waals surface area contributed by atoms with Gasteiger partial charge in [0.25, 0.3) is 0 Å². The van der Waals surface area contributed by atoms with Crippen LogP contribution < -0.4 is 15.0 Å². The number of aliphatic imine (C=N–C) groups is 1. The van der Waals surface area contributed by atoms with Gasteiger partial charge in [0.15, 0.2) is 5.96 Å². The number of benzene rings is 1. The Hall–Kier alpha value is -1.26. The number of rotatable bonds is 5. The SMILES string of the molecule is CN=C(NCC1(OC)CCOCC1)N1CCN(c2ccccc2OC)CC1.I. The average molecular weight is 504 g/mol.